The van der Waals surface area contributed by atoms with Crippen molar-refractivity contribution >= 4 is 0 Å². The van der Waals surface area contributed by atoms with E-state index in [-0.39, 0.29) is 0 Å². The molecule has 2 rings (SSSR count). The van der Waals surface area contributed by atoms with E-state index < -0.39 is 0 Å². The highest BCUT2D eigenvalue weighted by Crippen LogP contribution is 2.42. The lowest BCUT2D eigenvalue weighted by Gasteiger charge is -2.22. The SMILES string of the molecule is CCCn1cc(C(NC)C(C)C2CC2)cn1. The Morgan fingerprint density at radius 2 is 2.31 bits per heavy atom. The van der Waals surface area contributed by atoms with E-state index in [4.69, 9.17) is 0 Å². The topological polar surface area (TPSA) is 29.9 Å². The lowest BCUT2D eigenvalue weighted by molar-refractivity contribution is 0.368. The molecule has 2 atom stereocenters. The molecule has 0 aromatic carbocycles. The predicted octanol–water partition coefficient (Wildman–Crippen LogP) is 2.60. The second kappa shape index (κ2) is 5.00. The Hall–Kier alpha value is -0.830. The van der Waals surface area contributed by atoms with Gasteiger partial charge in [0.25, 0.3) is 0 Å². The lowest BCUT2D eigenvalue weighted by atomic mass is 9.93. The quantitative estimate of drug-likeness (QED) is 0.800. The molecular formula is C13H23N3. The molecule has 16 heavy (non-hydrogen) atoms. The molecule has 90 valence electrons. The average Bonchev–Trinajstić information content (AvgIpc) is 3.03. The Bertz CT molecular complexity index is 328. The van der Waals surface area contributed by atoms with E-state index in [9.17, 15) is 0 Å². The zero-order valence-electron chi connectivity index (χ0n) is 10.6. The van der Waals surface area contributed by atoms with Gasteiger partial charge in [0, 0.05) is 24.3 Å². The van der Waals surface area contributed by atoms with Crippen molar-refractivity contribution in [2.75, 3.05) is 7.05 Å². The van der Waals surface area contributed by atoms with Crippen LogP contribution in [-0.2, 0) is 6.54 Å². The fourth-order valence-corrected chi connectivity index (χ4v) is 2.52. The summed E-state index contributed by atoms with van der Waals surface area (Å²) < 4.78 is 2.05. The molecule has 1 saturated carbocycles. The summed E-state index contributed by atoms with van der Waals surface area (Å²) in [6.45, 7) is 5.56. The molecule has 3 heteroatoms. The molecule has 0 spiro atoms. The van der Waals surface area contributed by atoms with Crippen LogP contribution in [-0.4, -0.2) is 16.8 Å². The van der Waals surface area contributed by atoms with Crippen LogP contribution >= 0.6 is 0 Å². The van der Waals surface area contributed by atoms with Crippen LogP contribution in [0.25, 0.3) is 0 Å². The van der Waals surface area contributed by atoms with Gasteiger partial charge >= 0.3 is 0 Å². The molecule has 0 radical (unpaired) electrons. The Balaban J connectivity index is 2.06. The monoisotopic (exact) mass is 221 g/mol. The highest BCUT2D eigenvalue weighted by molar-refractivity contribution is 5.12. The maximum Gasteiger partial charge on any atom is 0.0537 e. The van der Waals surface area contributed by atoms with Crippen molar-refractivity contribution < 1.29 is 0 Å². The minimum absolute atomic E-state index is 0.470. The van der Waals surface area contributed by atoms with Crippen molar-refractivity contribution in [3.63, 3.8) is 0 Å². The molecule has 1 aromatic heterocycles. The zero-order valence-corrected chi connectivity index (χ0v) is 10.6. The van der Waals surface area contributed by atoms with E-state index in [1.54, 1.807) is 0 Å². The van der Waals surface area contributed by atoms with Crippen LogP contribution in [0.5, 0.6) is 0 Å². The van der Waals surface area contributed by atoms with Gasteiger partial charge in [-0.1, -0.05) is 13.8 Å². The first-order chi connectivity index (χ1) is 7.76. The molecule has 1 N–H and O–H groups in total. The van der Waals surface area contributed by atoms with Gasteiger partial charge in [0.1, 0.15) is 0 Å². The summed E-state index contributed by atoms with van der Waals surface area (Å²) in [6, 6.07) is 0.470. The summed E-state index contributed by atoms with van der Waals surface area (Å²) >= 11 is 0. The van der Waals surface area contributed by atoms with Crippen LogP contribution in [0.4, 0.5) is 0 Å². The largest absolute Gasteiger partial charge is 0.313 e. The highest BCUT2D eigenvalue weighted by atomic mass is 15.3. The zero-order chi connectivity index (χ0) is 11.5. The van der Waals surface area contributed by atoms with Crippen molar-refractivity contribution in [2.24, 2.45) is 11.8 Å². The second-order valence-electron chi connectivity index (χ2n) is 5.00. The standard InChI is InChI=1S/C13H23N3/c1-4-7-16-9-12(8-15-16)13(14-3)10(2)11-5-6-11/h8-11,13-14H,4-7H2,1-3H3. The second-order valence-corrected chi connectivity index (χ2v) is 5.00. The van der Waals surface area contributed by atoms with Crippen molar-refractivity contribution in [1.82, 2.24) is 15.1 Å². The van der Waals surface area contributed by atoms with Gasteiger partial charge in [0.2, 0.25) is 0 Å². The van der Waals surface area contributed by atoms with Gasteiger partial charge in [-0.25, -0.2) is 0 Å². The van der Waals surface area contributed by atoms with Crippen LogP contribution in [0.15, 0.2) is 12.4 Å². The molecule has 0 bridgehead atoms. The van der Waals surface area contributed by atoms with Gasteiger partial charge in [-0.15, -0.1) is 0 Å². The summed E-state index contributed by atoms with van der Waals surface area (Å²) in [7, 11) is 2.06. The van der Waals surface area contributed by atoms with E-state index in [1.807, 2.05) is 6.20 Å². The fraction of sp³-hybridized carbons (Fsp3) is 0.769. The van der Waals surface area contributed by atoms with E-state index in [0.717, 1.165) is 24.8 Å². The first-order valence-electron chi connectivity index (χ1n) is 6.45. The summed E-state index contributed by atoms with van der Waals surface area (Å²) in [6.07, 6.45) is 8.17. The molecule has 1 fully saturated rings. The van der Waals surface area contributed by atoms with Crippen LogP contribution in [0.1, 0.15) is 44.7 Å². The Morgan fingerprint density at radius 1 is 1.56 bits per heavy atom. The minimum atomic E-state index is 0.470. The number of rotatable bonds is 6. The van der Waals surface area contributed by atoms with Crippen LogP contribution in [0.3, 0.4) is 0 Å². The normalized spacial score (nSPS) is 19.7. The predicted molar refractivity (Wildman–Crippen MR) is 66.2 cm³/mol. The van der Waals surface area contributed by atoms with E-state index in [0.29, 0.717) is 6.04 Å². The smallest absolute Gasteiger partial charge is 0.0537 e. The van der Waals surface area contributed by atoms with Gasteiger partial charge in [0.05, 0.1) is 6.20 Å². The number of aryl methyl sites for hydroxylation is 1. The third-order valence-electron chi connectivity index (χ3n) is 3.67. The maximum absolute atomic E-state index is 4.41. The third-order valence-corrected chi connectivity index (χ3v) is 3.67. The first-order valence-corrected chi connectivity index (χ1v) is 6.45. The minimum Gasteiger partial charge on any atom is -0.313 e. The van der Waals surface area contributed by atoms with E-state index >= 15 is 0 Å². The Morgan fingerprint density at radius 3 is 2.88 bits per heavy atom. The molecule has 0 aliphatic heterocycles. The Labute approximate surface area is 98.2 Å². The number of hydrogen-bond donors (Lipinski definition) is 1. The molecule has 1 aliphatic carbocycles. The van der Waals surface area contributed by atoms with Gasteiger partial charge in [-0.3, -0.25) is 4.68 Å². The van der Waals surface area contributed by atoms with Crippen LogP contribution in [0, 0.1) is 11.8 Å². The number of aromatic nitrogens is 2. The van der Waals surface area contributed by atoms with Gasteiger partial charge < -0.3 is 5.32 Å². The molecule has 1 heterocycles. The molecule has 3 nitrogen and oxygen atoms in total. The highest BCUT2D eigenvalue weighted by Gasteiger charge is 2.33. The van der Waals surface area contributed by atoms with Gasteiger partial charge in [0.15, 0.2) is 0 Å². The van der Waals surface area contributed by atoms with Gasteiger partial charge in [-0.05, 0) is 38.1 Å². The molecule has 0 amide bonds. The lowest BCUT2D eigenvalue weighted by Crippen LogP contribution is -2.24. The third kappa shape index (κ3) is 2.46. The van der Waals surface area contributed by atoms with Crippen molar-refractivity contribution in [2.45, 2.75) is 45.7 Å². The Kier molecular flexibility index (Phi) is 3.64. The maximum atomic E-state index is 4.41. The number of nitrogens with zero attached hydrogens (tertiary/aromatic N) is 2. The molecule has 1 aromatic rings. The fourth-order valence-electron chi connectivity index (χ4n) is 2.52. The molecular weight excluding hydrogens is 198 g/mol. The number of nitrogens with one attached hydrogen (secondary N) is 1. The summed E-state index contributed by atoms with van der Waals surface area (Å²) in [5.74, 6) is 1.65. The summed E-state index contributed by atoms with van der Waals surface area (Å²) in [4.78, 5) is 0. The number of hydrogen-bond acceptors (Lipinski definition) is 2. The van der Waals surface area contributed by atoms with Crippen molar-refractivity contribution in [1.29, 1.82) is 0 Å². The van der Waals surface area contributed by atoms with Crippen LogP contribution < -0.4 is 5.32 Å². The van der Waals surface area contributed by atoms with Crippen molar-refractivity contribution in [3.8, 4) is 0 Å². The van der Waals surface area contributed by atoms with E-state index in [1.165, 1.54) is 18.4 Å². The van der Waals surface area contributed by atoms with Gasteiger partial charge in [-0.2, -0.15) is 5.10 Å². The molecule has 1 aliphatic rings. The first kappa shape index (κ1) is 11.6. The molecule has 2 unspecified atom stereocenters. The summed E-state index contributed by atoms with van der Waals surface area (Å²) in [5.41, 5.74) is 1.34. The van der Waals surface area contributed by atoms with Crippen LogP contribution in [0.2, 0.25) is 0 Å². The molecule has 0 saturated heterocycles. The average molecular weight is 221 g/mol. The summed E-state index contributed by atoms with van der Waals surface area (Å²) in [5, 5.41) is 7.86. The van der Waals surface area contributed by atoms with E-state index in [2.05, 4.69) is 42.2 Å². The van der Waals surface area contributed by atoms with Crippen molar-refractivity contribution in [3.05, 3.63) is 18.0 Å².